The maximum absolute atomic E-state index is 3.69. The van der Waals surface area contributed by atoms with Gasteiger partial charge >= 0.3 is 0 Å². The Labute approximate surface area is 111 Å². The first-order valence-corrected chi connectivity index (χ1v) is 7.22. The van der Waals surface area contributed by atoms with Crippen molar-refractivity contribution in [1.29, 1.82) is 0 Å². The van der Waals surface area contributed by atoms with E-state index in [0.717, 1.165) is 13.1 Å². The summed E-state index contributed by atoms with van der Waals surface area (Å²) in [5, 5.41) is 3.69. The molecule has 2 rings (SSSR count). The summed E-state index contributed by atoms with van der Waals surface area (Å²) in [5.74, 6) is 0.709. The second kappa shape index (κ2) is 6.35. The highest BCUT2D eigenvalue weighted by atomic mass is 15.2. The molecule has 0 radical (unpaired) electrons. The molecule has 1 heterocycles. The van der Waals surface area contributed by atoms with Crippen LogP contribution >= 0.6 is 0 Å². The standard InChI is InChI=1S/C16H26N2/c1-4-15-10-17-16(13(2)3)12-18(15)11-14-8-6-5-7-9-14/h5-9,13,15-17H,4,10-12H2,1-3H3. The van der Waals surface area contributed by atoms with Crippen LogP contribution in [0.5, 0.6) is 0 Å². The van der Waals surface area contributed by atoms with Gasteiger partial charge in [-0.15, -0.1) is 0 Å². The van der Waals surface area contributed by atoms with Gasteiger partial charge in [0.15, 0.2) is 0 Å². The van der Waals surface area contributed by atoms with Crippen molar-refractivity contribution in [3.05, 3.63) is 35.9 Å². The number of piperazine rings is 1. The first-order chi connectivity index (χ1) is 8.70. The largest absolute Gasteiger partial charge is 0.311 e. The van der Waals surface area contributed by atoms with Crippen molar-refractivity contribution < 1.29 is 0 Å². The number of nitrogens with one attached hydrogen (secondary N) is 1. The fourth-order valence-corrected chi connectivity index (χ4v) is 2.74. The van der Waals surface area contributed by atoms with E-state index in [1.54, 1.807) is 0 Å². The molecule has 0 aliphatic carbocycles. The quantitative estimate of drug-likeness (QED) is 0.879. The van der Waals surface area contributed by atoms with Gasteiger partial charge in [-0.3, -0.25) is 4.90 Å². The Balaban J connectivity index is 2.02. The molecule has 1 N–H and O–H groups in total. The summed E-state index contributed by atoms with van der Waals surface area (Å²) in [6, 6.07) is 12.2. The van der Waals surface area contributed by atoms with Crippen molar-refractivity contribution in [2.45, 2.75) is 45.8 Å². The van der Waals surface area contributed by atoms with E-state index in [4.69, 9.17) is 0 Å². The van der Waals surface area contributed by atoms with E-state index in [-0.39, 0.29) is 0 Å². The summed E-state index contributed by atoms with van der Waals surface area (Å²) in [7, 11) is 0. The number of rotatable bonds is 4. The minimum absolute atomic E-state index is 0.636. The molecular weight excluding hydrogens is 220 g/mol. The van der Waals surface area contributed by atoms with E-state index in [2.05, 4.69) is 61.3 Å². The van der Waals surface area contributed by atoms with Crippen LogP contribution in [-0.4, -0.2) is 30.1 Å². The molecule has 0 amide bonds. The Bertz CT molecular complexity index is 347. The Morgan fingerprint density at radius 3 is 2.61 bits per heavy atom. The van der Waals surface area contributed by atoms with Crippen LogP contribution in [-0.2, 0) is 6.54 Å². The van der Waals surface area contributed by atoms with Crippen LogP contribution in [0.25, 0.3) is 0 Å². The fourth-order valence-electron chi connectivity index (χ4n) is 2.74. The lowest BCUT2D eigenvalue weighted by atomic mass is 9.98. The molecule has 1 aromatic carbocycles. The monoisotopic (exact) mass is 246 g/mol. The van der Waals surface area contributed by atoms with Gasteiger partial charge in [0.05, 0.1) is 0 Å². The molecule has 0 aromatic heterocycles. The van der Waals surface area contributed by atoms with Gasteiger partial charge in [-0.05, 0) is 17.9 Å². The van der Waals surface area contributed by atoms with Crippen LogP contribution in [0, 0.1) is 5.92 Å². The highest BCUT2D eigenvalue weighted by Crippen LogP contribution is 2.17. The number of hydrogen-bond donors (Lipinski definition) is 1. The second-order valence-electron chi connectivity index (χ2n) is 5.74. The van der Waals surface area contributed by atoms with Crippen LogP contribution < -0.4 is 5.32 Å². The van der Waals surface area contributed by atoms with E-state index >= 15 is 0 Å². The average molecular weight is 246 g/mol. The van der Waals surface area contributed by atoms with Crippen molar-refractivity contribution in [3.63, 3.8) is 0 Å². The van der Waals surface area contributed by atoms with Gasteiger partial charge in [0, 0.05) is 31.7 Å². The molecule has 2 nitrogen and oxygen atoms in total. The van der Waals surface area contributed by atoms with E-state index in [9.17, 15) is 0 Å². The average Bonchev–Trinajstić information content (AvgIpc) is 2.39. The van der Waals surface area contributed by atoms with Gasteiger partial charge < -0.3 is 5.32 Å². The first kappa shape index (κ1) is 13.6. The topological polar surface area (TPSA) is 15.3 Å². The Hall–Kier alpha value is -0.860. The van der Waals surface area contributed by atoms with Crippen LogP contribution in [0.1, 0.15) is 32.8 Å². The predicted molar refractivity (Wildman–Crippen MR) is 77.6 cm³/mol. The van der Waals surface area contributed by atoms with E-state index in [1.165, 1.54) is 18.5 Å². The number of nitrogens with zero attached hydrogens (tertiary/aromatic N) is 1. The van der Waals surface area contributed by atoms with Crippen molar-refractivity contribution in [2.24, 2.45) is 5.92 Å². The highest BCUT2D eigenvalue weighted by molar-refractivity contribution is 5.14. The summed E-state index contributed by atoms with van der Waals surface area (Å²) < 4.78 is 0. The summed E-state index contributed by atoms with van der Waals surface area (Å²) in [4.78, 5) is 2.65. The predicted octanol–water partition coefficient (Wildman–Crippen LogP) is 2.90. The smallest absolute Gasteiger partial charge is 0.0237 e. The molecule has 2 unspecified atom stereocenters. The molecule has 2 heteroatoms. The van der Waals surface area contributed by atoms with E-state index < -0.39 is 0 Å². The molecule has 0 saturated carbocycles. The van der Waals surface area contributed by atoms with Crippen molar-refractivity contribution >= 4 is 0 Å². The van der Waals surface area contributed by atoms with Crippen LogP contribution in [0.3, 0.4) is 0 Å². The Morgan fingerprint density at radius 1 is 1.28 bits per heavy atom. The van der Waals surface area contributed by atoms with Gasteiger partial charge in [-0.2, -0.15) is 0 Å². The van der Waals surface area contributed by atoms with Crippen molar-refractivity contribution in [2.75, 3.05) is 13.1 Å². The van der Waals surface area contributed by atoms with Crippen LogP contribution in [0.2, 0.25) is 0 Å². The van der Waals surface area contributed by atoms with Gasteiger partial charge in [0.1, 0.15) is 0 Å². The third-order valence-electron chi connectivity index (χ3n) is 4.07. The lowest BCUT2D eigenvalue weighted by Gasteiger charge is -2.41. The zero-order chi connectivity index (χ0) is 13.0. The molecule has 1 aliphatic rings. The molecule has 0 bridgehead atoms. The van der Waals surface area contributed by atoms with E-state index in [1.807, 2.05) is 0 Å². The summed E-state index contributed by atoms with van der Waals surface area (Å²) >= 11 is 0. The van der Waals surface area contributed by atoms with Crippen LogP contribution in [0.15, 0.2) is 30.3 Å². The molecule has 1 saturated heterocycles. The molecule has 1 aliphatic heterocycles. The Morgan fingerprint density at radius 2 is 2.00 bits per heavy atom. The lowest BCUT2D eigenvalue weighted by Crippen LogP contribution is -2.57. The summed E-state index contributed by atoms with van der Waals surface area (Å²) in [6.07, 6.45) is 1.23. The molecular formula is C16H26N2. The zero-order valence-electron chi connectivity index (χ0n) is 11.9. The third-order valence-corrected chi connectivity index (χ3v) is 4.07. The molecule has 1 aromatic rings. The maximum Gasteiger partial charge on any atom is 0.0237 e. The fraction of sp³-hybridized carbons (Fsp3) is 0.625. The first-order valence-electron chi connectivity index (χ1n) is 7.22. The molecule has 100 valence electrons. The second-order valence-corrected chi connectivity index (χ2v) is 5.74. The van der Waals surface area contributed by atoms with Crippen LogP contribution in [0.4, 0.5) is 0 Å². The van der Waals surface area contributed by atoms with Gasteiger partial charge in [-0.1, -0.05) is 51.1 Å². The van der Waals surface area contributed by atoms with Gasteiger partial charge in [-0.25, -0.2) is 0 Å². The Kier molecular flexibility index (Phi) is 4.79. The normalized spacial score (nSPS) is 25.6. The zero-order valence-corrected chi connectivity index (χ0v) is 11.9. The van der Waals surface area contributed by atoms with Gasteiger partial charge in [0.2, 0.25) is 0 Å². The third kappa shape index (κ3) is 3.33. The van der Waals surface area contributed by atoms with Gasteiger partial charge in [0.25, 0.3) is 0 Å². The summed E-state index contributed by atoms with van der Waals surface area (Å²) in [6.45, 7) is 10.3. The summed E-state index contributed by atoms with van der Waals surface area (Å²) in [5.41, 5.74) is 1.43. The molecule has 2 atom stereocenters. The maximum atomic E-state index is 3.69. The highest BCUT2D eigenvalue weighted by Gasteiger charge is 2.27. The minimum Gasteiger partial charge on any atom is -0.311 e. The van der Waals surface area contributed by atoms with Crippen molar-refractivity contribution in [3.8, 4) is 0 Å². The number of benzene rings is 1. The minimum atomic E-state index is 0.636. The van der Waals surface area contributed by atoms with E-state index in [0.29, 0.717) is 18.0 Å². The SMILES string of the molecule is CCC1CNC(C(C)C)CN1Cc1ccccc1. The number of hydrogen-bond acceptors (Lipinski definition) is 2. The van der Waals surface area contributed by atoms with Crippen molar-refractivity contribution in [1.82, 2.24) is 10.2 Å². The molecule has 0 spiro atoms. The molecule has 1 fully saturated rings. The lowest BCUT2D eigenvalue weighted by molar-refractivity contribution is 0.103. The molecule has 18 heavy (non-hydrogen) atoms.